The Labute approximate surface area is 143 Å². The summed E-state index contributed by atoms with van der Waals surface area (Å²) in [5.74, 6) is -0.115. The number of aliphatic imine (C=N–C) groups is 1. The molecule has 120 valence electrons. The van der Waals surface area contributed by atoms with Crippen molar-refractivity contribution in [2.24, 2.45) is 4.99 Å². The van der Waals surface area contributed by atoms with E-state index in [0.29, 0.717) is 27.2 Å². The van der Waals surface area contributed by atoms with Gasteiger partial charge in [0.05, 0.1) is 10.3 Å². The van der Waals surface area contributed by atoms with Crippen LogP contribution in [0.5, 0.6) is 0 Å². The second-order valence-electron chi connectivity index (χ2n) is 5.19. The molecule has 3 heterocycles. The van der Waals surface area contributed by atoms with Gasteiger partial charge in [0.25, 0.3) is 0 Å². The zero-order valence-electron chi connectivity index (χ0n) is 12.7. The smallest absolute Gasteiger partial charge is 0.224 e. The lowest BCUT2D eigenvalue weighted by Crippen LogP contribution is -2.17. The van der Waals surface area contributed by atoms with Crippen molar-refractivity contribution in [1.82, 2.24) is 14.9 Å². The third-order valence-electron chi connectivity index (χ3n) is 3.66. The van der Waals surface area contributed by atoms with Crippen molar-refractivity contribution in [1.29, 1.82) is 0 Å². The summed E-state index contributed by atoms with van der Waals surface area (Å²) in [7, 11) is 0. The highest BCUT2D eigenvalue weighted by atomic mass is 35.5. The summed E-state index contributed by atoms with van der Waals surface area (Å²) in [5, 5.41) is 0.903. The van der Waals surface area contributed by atoms with E-state index in [4.69, 9.17) is 11.6 Å². The quantitative estimate of drug-likeness (QED) is 0.593. The summed E-state index contributed by atoms with van der Waals surface area (Å²) in [6.45, 7) is 7.38. The van der Waals surface area contributed by atoms with Crippen molar-refractivity contribution >= 4 is 44.8 Å². The number of hydrogen-bond donors (Lipinski definition) is 0. The molecule has 0 spiro atoms. The molecule has 3 rings (SSSR count). The summed E-state index contributed by atoms with van der Waals surface area (Å²) in [4.78, 5) is 14.5. The number of rotatable bonds is 4. The Bertz CT molecular complexity index is 806. The number of nitrogens with zero attached hydrogens (tertiary/aromatic N) is 4. The maximum Gasteiger partial charge on any atom is 0.224 e. The van der Waals surface area contributed by atoms with Gasteiger partial charge in [-0.1, -0.05) is 24.3 Å². The van der Waals surface area contributed by atoms with Crippen LogP contribution in [-0.4, -0.2) is 33.9 Å². The number of likely N-dealkylation sites (tertiary alicyclic amines) is 1. The molecule has 1 saturated heterocycles. The molecule has 0 unspecified atom stereocenters. The van der Waals surface area contributed by atoms with Crippen LogP contribution in [0.25, 0.3) is 15.9 Å². The highest BCUT2D eigenvalue weighted by Crippen LogP contribution is 2.29. The summed E-state index contributed by atoms with van der Waals surface area (Å²) < 4.78 is 15.4. The van der Waals surface area contributed by atoms with E-state index in [1.165, 1.54) is 11.3 Å². The molecular weight excluding hydrogens is 335 g/mol. The first-order chi connectivity index (χ1) is 11.1. The van der Waals surface area contributed by atoms with Gasteiger partial charge in [-0.15, -0.1) is 11.3 Å². The maximum atomic E-state index is 14.6. The SMILES string of the molecule is C=C(N=C(F)/C(=C\C)c1nc2nc(Cl)ccc2s1)N1CCCC1. The molecule has 0 radical (unpaired) electrons. The lowest BCUT2D eigenvalue weighted by atomic mass is 10.3. The van der Waals surface area contributed by atoms with Crippen molar-refractivity contribution in [2.45, 2.75) is 19.8 Å². The average molecular weight is 351 g/mol. The molecule has 7 heteroatoms. The van der Waals surface area contributed by atoms with E-state index in [9.17, 15) is 4.39 Å². The monoisotopic (exact) mass is 350 g/mol. The van der Waals surface area contributed by atoms with E-state index in [2.05, 4.69) is 21.5 Å². The van der Waals surface area contributed by atoms with Gasteiger partial charge < -0.3 is 4.90 Å². The van der Waals surface area contributed by atoms with E-state index in [0.717, 1.165) is 30.6 Å². The molecule has 4 nitrogen and oxygen atoms in total. The molecule has 1 aliphatic rings. The fourth-order valence-electron chi connectivity index (χ4n) is 2.46. The molecule has 1 aliphatic heterocycles. The third-order valence-corrected chi connectivity index (χ3v) is 4.91. The number of thiazole rings is 1. The van der Waals surface area contributed by atoms with Crippen molar-refractivity contribution in [3.8, 4) is 0 Å². The van der Waals surface area contributed by atoms with Crippen LogP contribution in [0.1, 0.15) is 24.8 Å². The van der Waals surface area contributed by atoms with Crippen LogP contribution >= 0.6 is 22.9 Å². The number of allylic oxidation sites excluding steroid dienone is 2. The van der Waals surface area contributed by atoms with Gasteiger partial charge in [0, 0.05) is 13.1 Å². The molecular formula is C16H16ClFN4S. The Hall–Kier alpha value is -1.79. The molecule has 0 bridgehead atoms. The fourth-order valence-corrected chi connectivity index (χ4v) is 3.58. The predicted octanol–water partition coefficient (Wildman–Crippen LogP) is 4.68. The van der Waals surface area contributed by atoms with Crippen LogP contribution in [0.4, 0.5) is 4.39 Å². The topological polar surface area (TPSA) is 41.4 Å². The standard InChI is InChI=1S/C16H16ClFN4S/c1-3-11(14(18)19-10(2)22-8-4-5-9-22)16-21-15-12(23-16)6-7-13(17)20-15/h3,6-7H,2,4-5,8-9H2,1H3/b11-3+,19-14?. The summed E-state index contributed by atoms with van der Waals surface area (Å²) in [6.07, 6.45) is 3.85. The first-order valence-electron chi connectivity index (χ1n) is 7.36. The Morgan fingerprint density at radius 3 is 2.83 bits per heavy atom. The minimum atomic E-state index is -0.574. The molecule has 0 amide bonds. The van der Waals surface area contributed by atoms with Gasteiger partial charge in [0.15, 0.2) is 5.65 Å². The van der Waals surface area contributed by atoms with Crippen LogP contribution < -0.4 is 0 Å². The molecule has 0 N–H and O–H groups in total. The second kappa shape index (κ2) is 6.76. The summed E-state index contributed by atoms with van der Waals surface area (Å²) in [6, 6.07) is 3.53. The molecule has 0 aliphatic carbocycles. The number of fused-ring (bicyclic) bond motifs is 1. The Balaban J connectivity index is 1.89. The maximum absolute atomic E-state index is 14.6. The number of hydrogen-bond acceptors (Lipinski definition) is 5. The van der Waals surface area contributed by atoms with E-state index in [1.54, 1.807) is 19.1 Å². The summed E-state index contributed by atoms with van der Waals surface area (Å²) >= 11 is 7.23. The number of halogens is 2. The predicted molar refractivity (Wildman–Crippen MR) is 94.6 cm³/mol. The molecule has 0 saturated carbocycles. The molecule has 0 aromatic carbocycles. The Kier molecular flexibility index (Phi) is 4.73. The number of pyridine rings is 1. The van der Waals surface area contributed by atoms with Crippen LogP contribution in [0, 0.1) is 0 Å². The van der Waals surface area contributed by atoms with Gasteiger partial charge >= 0.3 is 0 Å². The van der Waals surface area contributed by atoms with Gasteiger partial charge in [-0.25, -0.2) is 15.0 Å². The van der Waals surface area contributed by atoms with Gasteiger partial charge in [-0.05, 0) is 31.9 Å². The minimum absolute atomic E-state index is 0.351. The largest absolute Gasteiger partial charge is 0.357 e. The lowest BCUT2D eigenvalue weighted by molar-refractivity contribution is 0.423. The van der Waals surface area contributed by atoms with Crippen LogP contribution in [0.3, 0.4) is 0 Å². The number of aromatic nitrogens is 2. The van der Waals surface area contributed by atoms with Crippen molar-refractivity contribution in [3.63, 3.8) is 0 Å². The molecule has 2 aromatic rings. The third kappa shape index (κ3) is 3.43. The van der Waals surface area contributed by atoms with Crippen LogP contribution in [0.15, 0.2) is 35.6 Å². The van der Waals surface area contributed by atoms with Crippen LogP contribution in [-0.2, 0) is 0 Å². The van der Waals surface area contributed by atoms with Crippen molar-refractivity contribution < 1.29 is 4.39 Å². The molecule has 23 heavy (non-hydrogen) atoms. The van der Waals surface area contributed by atoms with Crippen molar-refractivity contribution in [2.75, 3.05) is 13.1 Å². The van der Waals surface area contributed by atoms with E-state index < -0.39 is 5.97 Å². The van der Waals surface area contributed by atoms with Crippen molar-refractivity contribution in [3.05, 3.63) is 40.8 Å². The van der Waals surface area contributed by atoms with Gasteiger partial charge in [-0.3, -0.25) is 0 Å². The van der Waals surface area contributed by atoms with E-state index in [1.807, 2.05) is 11.0 Å². The average Bonchev–Trinajstić information content (AvgIpc) is 3.16. The zero-order chi connectivity index (χ0) is 16.4. The molecule has 2 aromatic heterocycles. The first kappa shape index (κ1) is 16.1. The fraction of sp³-hybridized carbons (Fsp3) is 0.312. The Morgan fingerprint density at radius 2 is 2.13 bits per heavy atom. The molecule has 0 atom stereocenters. The van der Waals surface area contributed by atoms with Gasteiger partial charge in [0.2, 0.25) is 5.97 Å². The lowest BCUT2D eigenvalue weighted by Gasteiger charge is -2.16. The highest BCUT2D eigenvalue weighted by Gasteiger charge is 2.18. The normalized spacial score (nSPS) is 16.4. The van der Waals surface area contributed by atoms with Gasteiger partial charge in [-0.2, -0.15) is 4.39 Å². The first-order valence-corrected chi connectivity index (χ1v) is 8.56. The second-order valence-corrected chi connectivity index (χ2v) is 6.61. The van der Waals surface area contributed by atoms with Gasteiger partial charge in [0.1, 0.15) is 16.0 Å². The van der Waals surface area contributed by atoms with E-state index >= 15 is 0 Å². The zero-order valence-corrected chi connectivity index (χ0v) is 14.3. The highest BCUT2D eigenvalue weighted by molar-refractivity contribution is 7.19. The molecule has 1 fully saturated rings. The van der Waals surface area contributed by atoms with E-state index in [-0.39, 0.29) is 0 Å². The minimum Gasteiger partial charge on any atom is -0.357 e. The van der Waals surface area contributed by atoms with Crippen LogP contribution in [0.2, 0.25) is 5.15 Å². The Morgan fingerprint density at radius 1 is 1.39 bits per heavy atom. The summed E-state index contributed by atoms with van der Waals surface area (Å²) in [5.41, 5.74) is 0.868.